The third-order valence-corrected chi connectivity index (χ3v) is 1.55. The second-order valence-corrected chi connectivity index (χ2v) is 3.30. The molecule has 0 unspecified atom stereocenters. The Bertz CT molecular complexity index is 283. The van der Waals surface area contributed by atoms with Gasteiger partial charge in [0.2, 0.25) is 0 Å². The summed E-state index contributed by atoms with van der Waals surface area (Å²) in [5.74, 6) is 0.540. The number of nitrogens with zero attached hydrogens (tertiary/aromatic N) is 1. The molecular formula is C8H14N2O. The lowest BCUT2D eigenvalue weighted by Gasteiger charge is -1.97. The van der Waals surface area contributed by atoms with Gasteiger partial charge in [-0.3, -0.25) is 14.6 Å². The molecule has 62 valence electrons. The standard InChI is InChI=1S/C8H14N2O/c1-6(2)4-7-5-10(3)9-8(7)11/h5-6H,4H2,1-3H3,(H,9,11). The van der Waals surface area contributed by atoms with Crippen molar-refractivity contribution < 1.29 is 0 Å². The Morgan fingerprint density at radius 1 is 1.64 bits per heavy atom. The van der Waals surface area contributed by atoms with Gasteiger partial charge in [-0.2, -0.15) is 0 Å². The minimum atomic E-state index is 0.0428. The monoisotopic (exact) mass is 154 g/mol. The molecule has 0 aliphatic heterocycles. The van der Waals surface area contributed by atoms with Gasteiger partial charge in [0.25, 0.3) is 5.56 Å². The van der Waals surface area contributed by atoms with Crippen LogP contribution in [-0.2, 0) is 13.5 Å². The van der Waals surface area contributed by atoms with Crippen LogP contribution in [0.1, 0.15) is 19.4 Å². The van der Waals surface area contributed by atoms with E-state index in [1.54, 1.807) is 4.68 Å². The van der Waals surface area contributed by atoms with Crippen LogP contribution in [0.4, 0.5) is 0 Å². The van der Waals surface area contributed by atoms with E-state index >= 15 is 0 Å². The summed E-state index contributed by atoms with van der Waals surface area (Å²) >= 11 is 0. The van der Waals surface area contributed by atoms with Crippen LogP contribution in [0.25, 0.3) is 0 Å². The third-order valence-electron chi connectivity index (χ3n) is 1.55. The molecule has 3 nitrogen and oxygen atoms in total. The van der Waals surface area contributed by atoms with Crippen LogP contribution in [0, 0.1) is 5.92 Å². The van der Waals surface area contributed by atoms with Gasteiger partial charge in [-0.25, -0.2) is 0 Å². The highest BCUT2D eigenvalue weighted by Crippen LogP contribution is 2.01. The van der Waals surface area contributed by atoms with E-state index in [2.05, 4.69) is 18.9 Å². The lowest BCUT2D eigenvalue weighted by molar-refractivity contribution is 0.644. The molecule has 1 rings (SSSR count). The summed E-state index contributed by atoms with van der Waals surface area (Å²) in [4.78, 5) is 11.1. The zero-order valence-corrected chi connectivity index (χ0v) is 7.22. The van der Waals surface area contributed by atoms with Gasteiger partial charge in [0.1, 0.15) is 0 Å². The van der Waals surface area contributed by atoms with Crippen molar-refractivity contribution in [3.63, 3.8) is 0 Å². The number of rotatable bonds is 2. The van der Waals surface area contributed by atoms with Gasteiger partial charge >= 0.3 is 0 Å². The van der Waals surface area contributed by atoms with E-state index in [1.807, 2.05) is 13.2 Å². The van der Waals surface area contributed by atoms with Gasteiger partial charge in [0, 0.05) is 18.8 Å². The highest BCUT2D eigenvalue weighted by molar-refractivity contribution is 5.04. The minimum Gasteiger partial charge on any atom is -0.295 e. The average molecular weight is 154 g/mol. The third kappa shape index (κ3) is 1.97. The minimum absolute atomic E-state index is 0.0428. The molecule has 1 heterocycles. The fourth-order valence-electron chi connectivity index (χ4n) is 1.14. The first kappa shape index (κ1) is 8.11. The largest absolute Gasteiger partial charge is 0.295 e. The molecule has 1 aromatic heterocycles. The van der Waals surface area contributed by atoms with Crippen molar-refractivity contribution in [3.8, 4) is 0 Å². The van der Waals surface area contributed by atoms with Crippen LogP contribution in [0.5, 0.6) is 0 Å². The molecule has 3 heteroatoms. The van der Waals surface area contributed by atoms with Gasteiger partial charge in [-0.15, -0.1) is 0 Å². The van der Waals surface area contributed by atoms with Crippen molar-refractivity contribution in [2.45, 2.75) is 20.3 Å². The summed E-state index contributed by atoms with van der Waals surface area (Å²) in [6.45, 7) is 4.21. The number of hydrogen-bond donors (Lipinski definition) is 1. The van der Waals surface area contributed by atoms with Crippen molar-refractivity contribution in [2.24, 2.45) is 13.0 Å². The Labute approximate surface area is 66.0 Å². The topological polar surface area (TPSA) is 37.8 Å². The molecular weight excluding hydrogens is 140 g/mol. The second kappa shape index (κ2) is 2.95. The fourth-order valence-corrected chi connectivity index (χ4v) is 1.14. The van der Waals surface area contributed by atoms with Gasteiger partial charge in [-0.05, 0) is 12.3 Å². The molecule has 0 amide bonds. The van der Waals surface area contributed by atoms with Crippen LogP contribution in [0.15, 0.2) is 11.0 Å². The molecule has 0 aromatic carbocycles. The highest BCUT2D eigenvalue weighted by atomic mass is 16.1. The summed E-state index contributed by atoms with van der Waals surface area (Å²) in [6.07, 6.45) is 2.71. The summed E-state index contributed by atoms with van der Waals surface area (Å²) in [5.41, 5.74) is 0.920. The molecule has 0 aliphatic rings. The smallest absolute Gasteiger partial charge is 0.267 e. The van der Waals surface area contributed by atoms with Gasteiger partial charge < -0.3 is 0 Å². The number of H-pyrrole nitrogens is 1. The van der Waals surface area contributed by atoms with Crippen LogP contribution < -0.4 is 5.56 Å². The average Bonchev–Trinajstić information content (AvgIpc) is 2.09. The van der Waals surface area contributed by atoms with Crippen molar-refractivity contribution in [2.75, 3.05) is 0 Å². The molecule has 1 N–H and O–H groups in total. The van der Waals surface area contributed by atoms with Gasteiger partial charge in [-0.1, -0.05) is 13.8 Å². The maximum absolute atomic E-state index is 11.1. The van der Waals surface area contributed by atoms with E-state index in [0.717, 1.165) is 12.0 Å². The summed E-state index contributed by atoms with van der Waals surface area (Å²) in [5, 5.41) is 2.67. The van der Waals surface area contributed by atoms with Crippen molar-refractivity contribution >= 4 is 0 Å². The molecule has 0 saturated heterocycles. The van der Waals surface area contributed by atoms with E-state index in [4.69, 9.17) is 0 Å². The van der Waals surface area contributed by atoms with Crippen molar-refractivity contribution in [1.82, 2.24) is 9.78 Å². The highest BCUT2D eigenvalue weighted by Gasteiger charge is 2.03. The van der Waals surface area contributed by atoms with E-state index in [1.165, 1.54) is 0 Å². The number of hydrogen-bond acceptors (Lipinski definition) is 1. The Morgan fingerprint density at radius 2 is 2.27 bits per heavy atom. The quantitative estimate of drug-likeness (QED) is 0.675. The Balaban J connectivity index is 2.86. The number of aromatic nitrogens is 2. The van der Waals surface area contributed by atoms with Crippen LogP contribution in [-0.4, -0.2) is 9.78 Å². The first-order valence-corrected chi connectivity index (χ1v) is 3.84. The van der Waals surface area contributed by atoms with Gasteiger partial charge in [0.05, 0.1) is 0 Å². The molecule has 0 spiro atoms. The number of aromatic amines is 1. The molecule has 0 radical (unpaired) electrons. The first-order chi connectivity index (χ1) is 5.09. The number of nitrogens with one attached hydrogen (secondary N) is 1. The molecule has 11 heavy (non-hydrogen) atoms. The molecule has 0 fully saturated rings. The first-order valence-electron chi connectivity index (χ1n) is 3.84. The lowest BCUT2D eigenvalue weighted by atomic mass is 10.1. The number of aryl methyl sites for hydroxylation is 1. The Hall–Kier alpha value is -0.990. The van der Waals surface area contributed by atoms with Crippen molar-refractivity contribution in [1.29, 1.82) is 0 Å². The zero-order chi connectivity index (χ0) is 8.43. The fraction of sp³-hybridized carbons (Fsp3) is 0.625. The maximum atomic E-state index is 11.1. The second-order valence-electron chi connectivity index (χ2n) is 3.30. The van der Waals surface area contributed by atoms with E-state index < -0.39 is 0 Å². The molecule has 1 aromatic rings. The Kier molecular flexibility index (Phi) is 2.17. The summed E-state index contributed by atoms with van der Waals surface area (Å²) in [7, 11) is 1.82. The SMILES string of the molecule is CC(C)Cc1cn(C)[nH]c1=O. The summed E-state index contributed by atoms with van der Waals surface area (Å²) in [6, 6.07) is 0. The van der Waals surface area contributed by atoms with Crippen LogP contribution in [0.2, 0.25) is 0 Å². The molecule has 0 bridgehead atoms. The lowest BCUT2D eigenvalue weighted by Crippen LogP contribution is -2.08. The van der Waals surface area contributed by atoms with E-state index in [9.17, 15) is 4.79 Å². The molecule has 0 aliphatic carbocycles. The van der Waals surface area contributed by atoms with E-state index in [-0.39, 0.29) is 5.56 Å². The van der Waals surface area contributed by atoms with Crippen molar-refractivity contribution in [3.05, 3.63) is 22.1 Å². The normalized spacial score (nSPS) is 10.9. The Morgan fingerprint density at radius 3 is 2.64 bits per heavy atom. The predicted molar refractivity (Wildman–Crippen MR) is 44.6 cm³/mol. The summed E-state index contributed by atoms with van der Waals surface area (Å²) < 4.78 is 1.69. The van der Waals surface area contributed by atoms with Crippen LogP contribution in [0.3, 0.4) is 0 Å². The van der Waals surface area contributed by atoms with Gasteiger partial charge in [0.15, 0.2) is 0 Å². The molecule has 0 atom stereocenters. The maximum Gasteiger partial charge on any atom is 0.267 e. The predicted octanol–water partition coefficient (Wildman–Crippen LogP) is 0.912. The molecule has 0 saturated carbocycles. The zero-order valence-electron chi connectivity index (χ0n) is 7.22. The van der Waals surface area contributed by atoms with Crippen LogP contribution >= 0.6 is 0 Å². The van der Waals surface area contributed by atoms with E-state index in [0.29, 0.717) is 5.92 Å².